The van der Waals surface area contributed by atoms with Crippen LogP contribution in [0.1, 0.15) is 50.7 Å². The number of hydrogen-bond acceptors (Lipinski definition) is 2. The minimum Gasteiger partial charge on any atom is -0.504 e. The lowest BCUT2D eigenvalue weighted by Crippen LogP contribution is -1.96. The average molecular weight is 240 g/mol. The number of unbranched alkanes of at least 4 members (excludes halogenated alkanes) is 2. The lowest BCUT2D eigenvalue weighted by atomic mass is 10.00. The number of halogens is 1. The Bertz CT molecular complexity index is 375. The zero-order valence-corrected chi connectivity index (χ0v) is 10.6. The summed E-state index contributed by atoms with van der Waals surface area (Å²) >= 11 is 0. The Labute approximate surface area is 102 Å². The van der Waals surface area contributed by atoms with Crippen LogP contribution in [0.4, 0.5) is 4.39 Å². The van der Waals surface area contributed by atoms with E-state index in [0.29, 0.717) is 18.4 Å². The topological polar surface area (TPSA) is 40.5 Å². The minimum atomic E-state index is -0.403. The molecule has 1 aromatic carbocycles. The molecule has 0 atom stereocenters. The molecule has 1 aromatic rings. The van der Waals surface area contributed by atoms with Crippen LogP contribution in [0, 0.1) is 5.82 Å². The Balaban J connectivity index is 2.99. The van der Waals surface area contributed by atoms with Crippen molar-refractivity contribution in [2.24, 2.45) is 0 Å². The van der Waals surface area contributed by atoms with E-state index in [1.165, 1.54) is 6.07 Å². The molecule has 0 aromatic heterocycles. The highest BCUT2D eigenvalue weighted by atomic mass is 19.1. The Morgan fingerprint density at radius 3 is 2.18 bits per heavy atom. The van der Waals surface area contributed by atoms with Crippen molar-refractivity contribution in [1.29, 1.82) is 0 Å². The minimum absolute atomic E-state index is 0.147. The SMILES string of the molecule is CCCCc1cc(F)c(CCCC)c(O)c1O. The summed E-state index contributed by atoms with van der Waals surface area (Å²) in [6, 6.07) is 1.36. The molecule has 0 radical (unpaired) electrons. The van der Waals surface area contributed by atoms with Crippen LogP contribution in [0.15, 0.2) is 6.07 Å². The Kier molecular flexibility index (Phi) is 5.26. The summed E-state index contributed by atoms with van der Waals surface area (Å²) in [4.78, 5) is 0. The number of aryl methyl sites for hydroxylation is 1. The molecule has 1 rings (SSSR count). The van der Waals surface area contributed by atoms with Gasteiger partial charge in [-0.05, 0) is 31.7 Å². The zero-order valence-electron chi connectivity index (χ0n) is 10.6. The van der Waals surface area contributed by atoms with Gasteiger partial charge in [-0.2, -0.15) is 0 Å². The second-order valence-electron chi connectivity index (χ2n) is 4.40. The van der Waals surface area contributed by atoms with Gasteiger partial charge in [-0.15, -0.1) is 0 Å². The summed E-state index contributed by atoms with van der Waals surface area (Å²) < 4.78 is 13.8. The molecular formula is C14H21FO2. The highest BCUT2D eigenvalue weighted by Crippen LogP contribution is 2.36. The van der Waals surface area contributed by atoms with Crippen LogP contribution in [0.25, 0.3) is 0 Å². The van der Waals surface area contributed by atoms with E-state index in [-0.39, 0.29) is 17.1 Å². The molecule has 2 nitrogen and oxygen atoms in total. The molecule has 0 amide bonds. The third kappa shape index (κ3) is 3.35. The number of phenols is 2. The summed E-state index contributed by atoms with van der Waals surface area (Å²) in [6.45, 7) is 4.04. The van der Waals surface area contributed by atoms with E-state index >= 15 is 0 Å². The van der Waals surface area contributed by atoms with Gasteiger partial charge < -0.3 is 10.2 Å². The van der Waals surface area contributed by atoms with Crippen molar-refractivity contribution in [3.05, 3.63) is 23.0 Å². The summed E-state index contributed by atoms with van der Waals surface area (Å²) in [7, 11) is 0. The smallest absolute Gasteiger partial charge is 0.163 e. The third-order valence-electron chi connectivity index (χ3n) is 2.98. The van der Waals surface area contributed by atoms with Crippen molar-refractivity contribution in [2.45, 2.75) is 52.4 Å². The maximum absolute atomic E-state index is 13.8. The predicted molar refractivity (Wildman–Crippen MR) is 67.0 cm³/mol. The second kappa shape index (κ2) is 6.48. The molecule has 3 heteroatoms. The largest absolute Gasteiger partial charge is 0.504 e. The third-order valence-corrected chi connectivity index (χ3v) is 2.98. The lowest BCUT2D eigenvalue weighted by Gasteiger charge is -2.11. The van der Waals surface area contributed by atoms with Gasteiger partial charge in [0.15, 0.2) is 11.5 Å². The molecule has 0 fully saturated rings. The van der Waals surface area contributed by atoms with E-state index in [1.807, 2.05) is 13.8 Å². The van der Waals surface area contributed by atoms with Crippen molar-refractivity contribution in [3.8, 4) is 11.5 Å². The molecule has 0 spiro atoms. The van der Waals surface area contributed by atoms with Gasteiger partial charge in [0.1, 0.15) is 5.82 Å². The van der Waals surface area contributed by atoms with Crippen molar-refractivity contribution in [2.75, 3.05) is 0 Å². The first-order valence-corrected chi connectivity index (χ1v) is 6.33. The summed E-state index contributed by atoms with van der Waals surface area (Å²) in [5, 5.41) is 19.6. The molecule has 0 heterocycles. The average Bonchev–Trinajstić information content (AvgIpc) is 2.32. The van der Waals surface area contributed by atoms with Gasteiger partial charge in [0.05, 0.1) is 0 Å². The molecule has 0 aliphatic carbocycles. The Morgan fingerprint density at radius 1 is 1.00 bits per heavy atom. The quantitative estimate of drug-likeness (QED) is 0.740. The van der Waals surface area contributed by atoms with E-state index in [1.54, 1.807) is 0 Å². The Hall–Kier alpha value is -1.25. The van der Waals surface area contributed by atoms with Crippen molar-refractivity contribution in [1.82, 2.24) is 0 Å². The predicted octanol–water partition coefficient (Wildman–Crippen LogP) is 3.92. The van der Waals surface area contributed by atoms with E-state index < -0.39 is 5.82 Å². The standard InChI is InChI=1S/C14H21FO2/c1-3-5-7-10-9-12(15)11(8-6-4-2)14(17)13(10)16/h9,16-17H,3-8H2,1-2H3. The summed E-state index contributed by atoms with van der Waals surface area (Å²) in [5.74, 6) is -0.824. The number of aromatic hydroxyl groups is 2. The van der Waals surface area contributed by atoms with Gasteiger partial charge >= 0.3 is 0 Å². The van der Waals surface area contributed by atoms with Gasteiger partial charge in [-0.3, -0.25) is 0 Å². The molecule has 0 aliphatic heterocycles. The monoisotopic (exact) mass is 240 g/mol. The number of hydrogen-bond donors (Lipinski definition) is 2. The van der Waals surface area contributed by atoms with Crippen LogP contribution < -0.4 is 0 Å². The normalized spacial score (nSPS) is 10.8. The molecule has 0 bridgehead atoms. The highest BCUT2D eigenvalue weighted by molar-refractivity contribution is 5.51. The Morgan fingerprint density at radius 2 is 1.59 bits per heavy atom. The molecule has 0 unspecified atom stereocenters. The van der Waals surface area contributed by atoms with Gasteiger partial charge in [-0.1, -0.05) is 26.7 Å². The first-order valence-electron chi connectivity index (χ1n) is 6.33. The lowest BCUT2D eigenvalue weighted by molar-refractivity contribution is 0.388. The van der Waals surface area contributed by atoms with E-state index in [2.05, 4.69) is 0 Å². The number of benzene rings is 1. The van der Waals surface area contributed by atoms with Crippen molar-refractivity contribution < 1.29 is 14.6 Å². The first kappa shape index (κ1) is 13.8. The summed E-state index contributed by atoms with van der Waals surface area (Å²) in [6.07, 6.45) is 4.65. The van der Waals surface area contributed by atoms with Crippen LogP contribution >= 0.6 is 0 Å². The van der Waals surface area contributed by atoms with Crippen LogP contribution in [0.2, 0.25) is 0 Å². The number of phenolic OH excluding ortho intramolecular Hbond substituents is 2. The van der Waals surface area contributed by atoms with Crippen LogP contribution in [0.3, 0.4) is 0 Å². The van der Waals surface area contributed by atoms with Gasteiger partial charge in [-0.25, -0.2) is 4.39 Å². The summed E-state index contributed by atoms with van der Waals surface area (Å²) in [5.41, 5.74) is 0.742. The fraction of sp³-hybridized carbons (Fsp3) is 0.571. The number of rotatable bonds is 6. The second-order valence-corrected chi connectivity index (χ2v) is 4.40. The zero-order chi connectivity index (χ0) is 12.8. The maximum Gasteiger partial charge on any atom is 0.163 e. The van der Waals surface area contributed by atoms with Crippen molar-refractivity contribution >= 4 is 0 Å². The fourth-order valence-corrected chi connectivity index (χ4v) is 1.87. The maximum atomic E-state index is 13.8. The fourth-order valence-electron chi connectivity index (χ4n) is 1.87. The van der Waals surface area contributed by atoms with Crippen molar-refractivity contribution in [3.63, 3.8) is 0 Å². The molecule has 2 N–H and O–H groups in total. The molecule has 0 saturated carbocycles. The molecule has 96 valence electrons. The van der Waals surface area contributed by atoms with E-state index in [0.717, 1.165) is 25.7 Å². The van der Waals surface area contributed by atoms with Gasteiger partial charge in [0.2, 0.25) is 0 Å². The van der Waals surface area contributed by atoms with Crippen LogP contribution in [0.5, 0.6) is 11.5 Å². The first-order chi connectivity index (χ1) is 8.11. The van der Waals surface area contributed by atoms with Crippen LogP contribution in [-0.2, 0) is 12.8 Å². The van der Waals surface area contributed by atoms with E-state index in [4.69, 9.17) is 0 Å². The molecule has 17 heavy (non-hydrogen) atoms. The van der Waals surface area contributed by atoms with Gasteiger partial charge in [0, 0.05) is 11.1 Å². The molecule has 0 saturated heterocycles. The highest BCUT2D eigenvalue weighted by Gasteiger charge is 2.16. The molecular weight excluding hydrogens is 219 g/mol. The van der Waals surface area contributed by atoms with Gasteiger partial charge in [0.25, 0.3) is 0 Å². The van der Waals surface area contributed by atoms with E-state index in [9.17, 15) is 14.6 Å². The molecule has 0 aliphatic rings. The van der Waals surface area contributed by atoms with Crippen LogP contribution in [-0.4, -0.2) is 10.2 Å².